The van der Waals surface area contributed by atoms with E-state index in [1.54, 1.807) is 24.3 Å². The minimum Gasteiger partial charge on any atom is -0.340 e. The summed E-state index contributed by atoms with van der Waals surface area (Å²) in [7, 11) is 0. The highest BCUT2D eigenvalue weighted by Gasteiger charge is 2.32. The van der Waals surface area contributed by atoms with Crippen molar-refractivity contribution >= 4 is 28.0 Å². The largest absolute Gasteiger partial charge is 0.340 e. The van der Waals surface area contributed by atoms with Gasteiger partial charge in [-0.1, -0.05) is 0 Å². The molecule has 1 fully saturated rings. The third-order valence-corrected chi connectivity index (χ3v) is 4.85. The van der Waals surface area contributed by atoms with Crippen LogP contribution in [0.2, 0.25) is 0 Å². The van der Waals surface area contributed by atoms with Gasteiger partial charge < -0.3 is 9.88 Å². The zero-order valence-electron chi connectivity index (χ0n) is 13.7. The number of halogens is 1. The quantitative estimate of drug-likeness (QED) is 0.581. The van der Waals surface area contributed by atoms with Crippen molar-refractivity contribution in [2.45, 2.75) is 18.9 Å². The molecule has 4 aromatic rings. The number of aromatic amines is 2. The van der Waals surface area contributed by atoms with Gasteiger partial charge in [0.15, 0.2) is 0 Å². The first-order chi connectivity index (χ1) is 12.7. The average Bonchev–Trinajstić information content (AvgIpc) is 3.37. The zero-order chi connectivity index (χ0) is 17.7. The maximum absolute atomic E-state index is 13.4. The highest BCUT2D eigenvalue weighted by molar-refractivity contribution is 5.97. The lowest BCUT2D eigenvalue weighted by atomic mass is 10.1. The van der Waals surface area contributed by atoms with Gasteiger partial charge >= 0.3 is 0 Å². The number of amides is 1. The van der Waals surface area contributed by atoms with Crippen LogP contribution < -0.4 is 0 Å². The number of likely N-dealkylation sites (tertiary alicyclic amines) is 1. The Bertz CT molecular complexity index is 1130. The Labute approximate surface area is 147 Å². The van der Waals surface area contributed by atoms with Crippen LogP contribution in [0.1, 0.15) is 35.1 Å². The summed E-state index contributed by atoms with van der Waals surface area (Å²) in [5.74, 6) is 0.316. The summed E-state index contributed by atoms with van der Waals surface area (Å²) in [6.45, 7) is 0.658. The first kappa shape index (κ1) is 15.0. The molecule has 1 atom stereocenters. The molecule has 1 aliphatic rings. The molecule has 3 heterocycles. The van der Waals surface area contributed by atoms with E-state index < -0.39 is 0 Å². The summed E-state index contributed by atoms with van der Waals surface area (Å²) < 4.78 is 13.4. The van der Waals surface area contributed by atoms with Gasteiger partial charge in [0.05, 0.1) is 17.1 Å². The van der Waals surface area contributed by atoms with Crippen molar-refractivity contribution in [3.63, 3.8) is 0 Å². The van der Waals surface area contributed by atoms with Crippen molar-refractivity contribution in [2.75, 3.05) is 6.54 Å². The van der Waals surface area contributed by atoms with Crippen molar-refractivity contribution < 1.29 is 9.18 Å². The lowest BCUT2D eigenvalue weighted by Gasteiger charge is -2.23. The van der Waals surface area contributed by atoms with Crippen LogP contribution in [0.25, 0.3) is 22.1 Å². The normalized spacial score (nSPS) is 17.4. The number of hydrogen-bond donors (Lipinski definition) is 2. The minimum absolute atomic E-state index is 0.0657. The van der Waals surface area contributed by atoms with Gasteiger partial charge in [0.25, 0.3) is 5.91 Å². The van der Waals surface area contributed by atoms with Gasteiger partial charge in [-0.05, 0) is 49.2 Å². The number of carbonyl (C=O) groups is 1. The number of carbonyl (C=O) groups excluding carboxylic acids is 1. The summed E-state index contributed by atoms with van der Waals surface area (Å²) in [4.78, 5) is 22.6. The number of H-pyrrole nitrogens is 2. The standard InChI is InChI=1S/C18H15FN6O/c19-11-4-6-12-14(9-11)21-17(20-12)16-2-1-7-25(16)18(26)10-3-5-13-15(8-10)23-24-22-13/h3-6,8-9,16H,1-2,7H2,(H,20,21)(H,22,23,24)/t16-/m1/s1. The van der Waals surface area contributed by atoms with E-state index in [2.05, 4.69) is 25.4 Å². The Morgan fingerprint density at radius 1 is 1.12 bits per heavy atom. The number of rotatable bonds is 2. The maximum Gasteiger partial charge on any atom is 0.254 e. The second-order valence-corrected chi connectivity index (χ2v) is 6.47. The Morgan fingerprint density at radius 3 is 2.88 bits per heavy atom. The third kappa shape index (κ3) is 2.33. The fourth-order valence-electron chi connectivity index (χ4n) is 3.59. The second kappa shape index (κ2) is 5.62. The van der Waals surface area contributed by atoms with Crippen molar-refractivity contribution in [3.8, 4) is 0 Å². The van der Waals surface area contributed by atoms with Gasteiger partial charge in [-0.25, -0.2) is 9.37 Å². The number of nitrogens with one attached hydrogen (secondary N) is 2. The van der Waals surface area contributed by atoms with Crippen molar-refractivity contribution in [2.24, 2.45) is 0 Å². The fourth-order valence-corrected chi connectivity index (χ4v) is 3.59. The molecule has 1 amide bonds. The summed E-state index contributed by atoms with van der Waals surface area (Å²) >= 11 is 0. The molecule has 2 aromatic heterocycles. The summed E-state index contributed by atoms with van der Waals surface area (Å²) in [6.07, 6.45) is 1.72. The van der Waals surface area contributed by atoms with Gasteiger partial charge in [0.1, 0.15) is 22.7 Å². The zero-order valence-corrected chi connectivity index (χ0v) is 13.7. The lowest BCUT2D eigenvalue weighted by molar-refractivity contribution is 0.0730. The first-order valence-corrected chi connectivity index (χ1v) is 8.46. The van der Waals surface area contributed by atoms with Crippen LogP contribution in [-0.2, 0) is 0 Å². The van der Waals surface area contributed by atoms with Gasteiger partial charge in [-0.3, -0.25) is 4.79 Å². The molecule has 0 aliphatic carbocycles. The van der Waals surface area contributed by atoms with E-state index >= 15 is 0 Å². The molecule has 0 saturated carbocycles. The number of imidazole rings is 1. The highest BCUT2D eigenvalue weighted by Crippen LogP contribution is 2.33. The van der Waals surface area contributed by atoms with Gasteiger partial charge in [0, 0.05) is 12.1 Å². The summed E-state index contributed by atoms with van der Waals surface area (Å²) in [6, 6.07) is 9.58. The van der Waals surface area contributed by atoms with Crippen LogP contribution in [0.4, 0.5) is 4.39 Å². The number of benzene rings is 2. The second-order valence-electron chi connectivity index (χ2n) is 6.47. The van der Waals surface area contributed by atoms with E-state index in [0.717, 1.165) is 18.4 Å². The van der Waals surface area contributed by atoms with Crippen LogP contribution in [-0.4, -0.2) is 42.7 Å². The van der Waals surface area contributed by atoms with Gasteiger partial charge in [-0.2, -0.15) is 15.4 Å². The average molecular weight is 350 g/mol. The van der Waals surface area contributed by atoms with Crippen LogP contribution in [0.5, 0.6) is 0 Å². The molecule has 26 heavy (non-hydrogen) atoms. The SMILES string of the molecule is O=C(c1ccc2n[nH]nc2c1)N1CCC[C@@H]1c1nc2ccc(F)cc2[nH]1. The topological polar surface area (TPSA) is 90.6 Å². The molecule has 0 radical (unpaired) electrons. The molecule has 0 bridgehead atoms. The van der Waals surface area contributed by atoms with E-state index in [9.17, 15) is 9.18 Å². The van der Waals surface area contributed by atoms with Crippen molar-refractivity contribution in [1.29, 1.82) is 0 Å². The molecule has 0 unspecified atom stereocenters. The molecule has 5 rings (SSSR count). The highest BCUT2D eigenvalue weighted by atomic mass is 19.1. The number of fused-ring (bicyclic) bond motifs is 2. The molecular weight excluding hydrogens is 335 g/mol. The number of aromatic nitrogens is 5. The molecule has 0 spiro atoms. The predicted octanol–water partition coefficient (Wildman–Crippen LogP) is 2.95. The van der Waals surface area contributed by atoms with Crippen LogP contribution in [0, 0.1) is 5.82 Å². The van der Waals surface area contributed by atoms with E-state index in [-0.39, 0.29) is 17.8 Å². The first-order valence-electron chi connectivity index (χ1n) is 8.46. The Hall–Kier alpha value is -3.29. The molecule has 2 N–H and O–H groups in total. The smallest absolute Gasteiger partial charge is 0.254 e. The van der Waals surface area contributed by atoms with E-state index in [1.807, 2.05) is 4.90 Å². The fraction of sp³-hybridized carbons (Fsp3) is 0.222. The molecule has 2 aromatic carbocycles. The molecule has 8 heteroatoms. The minimum atomic E-state index is -0.312. The predicted molar refractivity (Wildman–Crippen MR) is 93.0 cm³/mol. The van der Waals surface area contributed by atoms with Crippen LogP contribution in [0.3, 0.4) is 0 Å². The third-order valence-electron chi connectivity index (χ3n) is 4.85. The van der Waals surface area contributed by atoms with Gasteiger partial charge in [0.2, 0.25) is 0 Å². The summed E-state index contributed by atoms with van der Waals surface area (Å²) in [5, 5.41) is 10.6. The Morgan fingerprint density at radius 2 is 1.96 bits per heavy atom. The summed E-state index contributed by atoms with van der Waals surface area (Å²) in [5.41, 5.74) is 3.29. The lowest BCUT2D eigenvalue weighted by Crippen LogP contribution is -2.31. The van der Waals surface area contributed by atoms with E-state index in [1.165, 1.54) is 12.1 Å². The number of hydrogen-bond acceptors (Lipinski definition) is 4. The monoisotopic (exact) mass is 350 g/mol. The van der Waals surface area contributed by atoms with E-state index in [0.29, 0.717) is 34.5 Å². The Kier molecular flexibility index (Phi) is 3.24. The Balaban J connectivity index is 1.49. The molecular formula is C18H15FN6O. The van der Waals surface area contributed by atoms with Crippen LogP contribution >= 0.6 is 0 Å². The molecule has 1 saturated heterocycles. The van der Waals surface area contributed by atoms with Crippen molar-refractivity contribution in [3.05, 3.63) is 53.6 Å². The van der Waals surface area contributed by atoms with Crippen molar-refractivity contribution in [1.82, 2.24) is 30.3 Å². The molecule has 130 valence electrons. The van der Waals surface area contributed by atoms with Gasteiger partial charge in [-0.15, -0.1) is 0 Å². The molecule has 7 nitrogen and oxygen atoms in total. The number of nitrogens with zero attached hydrogens (tertiary/aromatic N) is 4. The van der Waals surface area contributed by atoms with Crippen LogP contribution in [0.15, 0.2) is 36.4 Å². The molecule has 1 aliphatic heterocycles. The maximum atomic E-state index is 13.4. The van der Waals surface area contributed by atoms with E-state index in [4.69, 9.17) is 0 Å².